The number of benzene rings is 6. The van der Waals surface area contributed by atoms with E-state index in [9.17, 15) is 43.2 Å². The molecule has 0 aliphatic carbocycles. The molecule has 4 N–H and O–H groups in total. The molecule has 0 fully saturated rings. The summed E-state index contributed by atoms with van der Waals surface area (Å²) in [7, 11) is 1.37. The van der Waals surface area contributed by atoms with Crippen LogP contribution in [-0.2, 0) is 28.5 Å². The SMILES string of the molecule is C=C(C)C(=O)OC(C)CCOC(=O)c1ccc(Oc2ccc(C(=O)OCCC(C)OC(=O)C(=C)C)c(C(=O)Nc3cccc(C(=O)Nc4cccc(C(=O)c5cccc(NC(=O)c6cccc(C)c6)c5)c4)c3)c2)cc1C(=O)NC. The maximum absolute atomic E-state index is 14.2. The lowest BCUT2D eigenvalue weighted by Crippen LogP contribution is -2.23. The fourth-order valence-electron chi connectivity index (χ4n) is 7.42. The molecule has 0 radical (unpaired) electrons. The Morgan fingerprint density at radius 1 is 0.468 bits per heavy atom. The molecular weight excluding hydrogens is 1010 g/mol. The van der Waals surface area contributed by atoms with E-state index in [4.69, 9.17) is 23.7 Å². The average molecular weight is 1070 g/mol. The molecule has 2 unspecified atom stereocenters. The summed E-state index contributed by atoms with van der Waals surface area (Å²) >= 11 is 0. The monoisotopic (exact) mass is 1070 g/mol. The molecule has 18 nitrogen and oxygen atoms in total. The zero-order valence-electron chi connectivity index (χ0n) is 44.3. The van der Waals surface area contributed by atoms with Gasteiger partial charge in [0, 0.05) is 70.4 Å². The van der Waals surface area contributed by atoms with Crippen molar-refractivity contribution in [2.75, 3.05) is 36.2 Å². The standard InChI is InChI=1S/C61H58N4O14/c1-35(2)58(71)77-38(6)25-27-75-60(73)49-23-21-47(33-51(49)56(69)62-8)79-48-22-24-50(61(74)76-28-26-39(7)78-59(72)36(3)4)52(34-48)57(70)65-46-20-12-17-43(32-46)55(68)64-45-19-11-15-41(31-45)53(66)40-14-10-18-44(30-40)63-54(67)42-16-9-13-37(5)29-42/h9-24,29-34,38-39H,1,3,25-28H2,2,4-8H3,(H,62,69)(H,63,67)(H,64,68)(H,65,70). The van der Waals surface area contributed by atoms with Crippen LogP contribution in [0.1, 0.15) is 124 Å². The number of aryl methyl sites for hydroxylation is 1. The van der Waals surface area contributed by atoms with Gasteiger partial charge in [-0.25, -0.2) is 19.2 Å². The van der Waals surface area contributed by atoms with Crippen molar-refractivity contribution in [1.82, 2.24) is 5.32 Å². The molecule has 0 saturated carbocycles. The molecule has 406 valence electrons. The molecule has 0 spiro atoms. The molecule has 0 bridgehead atoms. The van der Waals surface area contributed by atoms with Crippen LogP contribution in [0.2, 0.25) is 0 Å². The Bertz CT molecular complexity index is 3380. The van der Waals surface area contributed by atoms with E-state index >= 15 is 0 Å². The number of hydrogen-bond acceptors (Lipinski definition) is 14. The number of hydrogen-bond donors (Lipinski definition) is 4. The van der Waals surface area contributed by atoms with Crippen LogP contribution in [0.5, 0.6) is 11.5 Å². The largest absolute Gasteiger partial charge is 0.462 e. The van der Waals surface area contributed by atoms with Gasteiger partial charge in [0.2, 0.25) is 0 Å². The van der Waals surface area contributed by atoms with Gasteiger partial charge in [-0.05, 0) is 126 Å². The minimum Gasteiger partial charge on any atom is -0.462 e. The first-order valence-electron chi connectivity index (χ1n) is 24.8. The topological polar surface area (TPSA) is 248 Å². The van der Waals surface area contributed by atoms with Gasteiger partial charge in [-0.15, -0.1) is 0 Å². The van der Waals surface area contributed by atoms with Crippen LogP contribution in [-0.4, -0.2) is 85.8 Å². The maximum atomic E-state index is 14.2. The van der Waals surface area contributed by atoms with Gasteiger partial charge in [0.25, 0.3) is 23.6 Å². The van der Waals surface area contributed by atoms with Gasteiger partial charge in [0.1, 0.15) is 23.7 Å². The van der Waals surface area contributed by atoms with Gasteiger partial charge in [0.05, 0.1) is 35.5 Å². The third-order valence-corrected chi connectivity index (χ3v) is 11.6. The van der Waals surface area contributed by atoms with Gasteiger partial charge in [-0.2, -0.15) is 0 Å². The van der Waals surface area contributed by atoms with E-state index in [1.807, 2.05) is 13.0 Å². The molecule has 4 amide bonds. The Morgan fingerprint density at radius 2 is 0.861 bits per heavy atom. The minimum absolute atomic E-state index is 0.0185. The Kier molecular flexibility index (Phi) is 20.1. The highest BCUT2D eigenvalue weighted by Gasteiger charge is 2.24. The quantitative estimate of drug-likeness (QED) is 0.0202. The normalized spacial score (nSPS) is 11.3. The summed E-state index contributed by atoms with van der Waals surface area (Å²) in [6.45, 7) is 14.9. The molecule has 0 heterocycles. The molecule has 0 aliphatic rings. The second-order valence-corrected chi connectivity index (χ2v) is 18.2. The van der Waals surface area contributed by atoms with Crippen LogP contribution in [0.4, 0.5) is 17.1 Å². The van der Waals surface area contributed by atoms with Crippen LogP contribution in [0.15, 0.2) is 158 Å². The van der Waals surface area contributed by atoms with Gasteiger partial charge >= 0.3 is 23.9 Å². The van der Waals surface area contributed by atoms with Crippen LogP contribution in [0, 0.1) is 6.92 Å². The highest BCUT2D eigenvalue weighted by Crippen LogP contribution is 2.29. The van der Waals surface area contributed by atoms with Crippen molar-refractivity contribution in [3.8, 4) is 11.5 Å². The van der Waals surface area contributed by atoms with Crippen molar-refractivity contribution in [2.45, 2.75) is 59.7 Å². The Balaban J connectivity index is 1.18. The van der Waals surface area contributed by atoms with E-state index < -0.39 is 53.8 Å². The third-order valence-electron chi connectivity index (χ3n) is 11.6. The number of esters is 4. The average Bonchev–Trinajstić information content (AvgIpc) is 3.43. The number of carbonyl (C=O) groups excluding carboxylic acids is 9. The number of nitrogens with one attached hydrogen (secondary N) is 4. The van der Waals surface area contributed by atoms with Crippen molar-refractivity contribution < 1.29 is 66.8 Å². The molecule has 6 aromatic carbocycles. The van der Waals surface area contributed by atoms with Crippen molar-refractivity contribution in [2.24, 2.45) is 0 Å². The summed E-state index contributed by atoms with van der Waals surface area (Å²) in [5.74, 6) is -5.62. The summed E-state index contributed by atoms with van der Waals surface area (Å²) in [6, 6.07) is 33.8. The lowest BCUT2D eigenvalue weighted by atomic mass is 10.0. The van der Waals surface area contributed by atoms with Gasteiger partial charge in [-0.3, -0.25) is 24.0 Å². The highest BCUT2D eigenvalue weighted by molar-refractivity contribution is 6.14. The van der Waals surface area contributed by atoms with Crippen molar-refractivity contribution in [3.63, 3.8) is 0 Å². The summed E-state index contributed by atoms with van der Waals surface area (Å²) in [5, 5.41) is 10.8. The Morgan fingerprint density at radius 3 is 1.29 bits per heavy atom. The molecule has 0 aliphatic heterocycles. The zero-order chi connectivity index (χ0) is 57.3. The predicted octanol–water partition coefficient (Wildman–Crippen LogP) is 10.2. The second kappa shape index (κ2) is 27.2. The van der Waals surface area contributed by atoms with E-state index in [2.05, 4.69) is 34.4 Å². The van der Waals surface area contributed by atoms with Crippen LogP contribution >= 0.6 is 0 Å². The first kappa shape index (κ1) is 58.3. The van der Waals surface area contributed by atoms with Crippen molar-refractivity contribution in [1.29, 1.82) is 0 Å². The summed E-state index contributed by atoms with van der Waals surface area (Å²) < 4.78 is 27.5. The second-order valence-electron chi connectivity index (χ2n) is 18.2. The van der Waals surface area contributed by atoms with E-state index in [-0.39, 0.29) is 99.5 Å². The van der Waals surface area contributed by atoms with Gasteiger partial charge < -0.3 is 45.0 Å². The Labute approximate surface area is 456 Å². The summed E-state index contributed by atoms with van der Waals surface area (Å²) in [4.78, 5) is 118. The molecule has 2 atom stereocenters. The zero-order valence-corrected chi connectivity index (χ0v) is 44.3. The number of carbonyl (C=O) groups is 9. The molecule has 6 aromatic rings. The van der Waals surface area contributed by atoms with Crippen LogP contribution in [0.3, 0.4) is 0 Å². The lowest BCUT2D eigenvalue weighted by molar-refractivity contribution is -0.144. The Hall–Kier alpha value is -9.97. The maximum Gasteiger partial charge on any atom is 0.338 e. The smallest absolute Gasteiger partial charge is 0.338 e. The number of amides is 4. The summed E-state index contributed by atoms with van der Waals surface area (Å²) in [6.07, 6.45) is -0.944. The van der Waals surface area contributed by atoms with E-state index in [1.165, 1.54) is 87.6 Å². The van der Waals surface area contributed by atoms with Gasteiger partial charge in [0.15, 0.2) is 5.78 Å². The van der Waals surface area contributed by atoms with Gasteiger partial charge in [-0.1, -0.05) is 61.2 Å². The number of ether oxygens (including phenoxy) is 5. The third kappa shape index (κ3) is 16.5. The van der Waals surface area contributed by atoms with Crippen molar-refractivity contribution in [3.05, 3.63) is 208 Å². The number of anilines is 3. The fourth-order valence-corrected chi connectivity index (χ4v) is 7.42. The minimum atomic E-state index is -0.908. The summed E-state index contributed by atoms with van der Waals surface area (Å²) in [5.41, 5.74) is 2.71. The number of ketones is 1. The lowest BCUT2D eigenvalue weighted by Gasteiger charge is -2.16. The van der Waals surface area contributed by atoms with E-state index in [0.717, 1.165) is 5.56 Å². The molecule has 79 heavy (non-hydrogen) atoms. The first-order valence-corrected chi connectivity index (χ1v) is 24.8. The predicted molar refractivity (Wildman–Crippen MR) is 295 cm³/mol. The molecule has 6 rings (SSSR count). The fraction of sp³-hybridized carbons (Fsp3) is 0.197. The van der Waals surface area contributed by atoms with Crippen molar-refractivity contribution >= 4 is 70.4 Å². The first-order chi connectivity index (χ1) is 37.7. The van der Waals surface area contributed by atoms with Crippen LogP contribution < -0.4 is 26.0 Å². The molecule has 0 aromatic heterocycles. The molecule has 18 heteroatoms. The van der Waals surface area contributed by atoms with E-state index in [1.54, 1.807) is 74.5 Å². The molecule has 0 saturated heterocycles. The highest BCUT2D eigenvalue weighted by atomic mass is 16.6. The number of rotatable bonds is 23. The molecular formula is C61H58N4O14. The van der Waals surface area contributed by atoms with E-state index in [0.29, 0.717) is 22.5 Å². The van der Waals surface area contributed by atoms with Crippen LogP contribution in [0.25, 0.3) is 0 Å².